The first-order valence-corrected chi connectivity index (χ1v) is 6.23. The molecule has 100 valence electrons. The number of likely N-dealkylation sites (N-methyl/N-ethyl adjacent to an activating group) is 1. The van der Waals surface area contributed by atoms with Gasteiger partial charge in [0, 0.05) is 18.6 Å². The summed E-state index contributed by atoms with van der Waals surface area (Å²) in [6.45, 7) is 2.22. The van der Waals surface area contributed by atoms with Gasteiger partial charge in [-0.3, -0.25) is 19.3 Å². The van der Waals surface area contributed by atoms with Crippen molar-refractivity contribution in [2.45, 2.75) is 6.92 Å². The zero-order valence-electron chi connectivity index (χ0n) is 10.6. The fourth-order valence-electron chi connectivity index (χ4n) is 1.86. The molecule has 0 unspecified atom stereocenters. The molecule has 0 spiro atoms. The van der Waals surface area contributed by atoms with Gasteiger partial charge in [-0.05, 0) is 25.1 Å². The Bertz CT molecular complexity index is 571. The standard InChI is InChI=1S/C13H13ClN2O3/c1-3-15(2)11(17)7-16-10-6-8(14)4-5-9(10)12(18)13(16)19/h4-6H,3,7H2,1-2H3. The van der Waals surface area contributed by atoms with E-state index in [9.17, 15) is 14.4 Å². The minimum Gasteiger partial charge on any atom is -0.344 e. The third-order valence-electron chi connectivity index (χ3n) is 3.13. The molecule has 0 saturated heterocycles. The van der Waals surface area contributed by atoms with Crippen molar-refractivity contribution in [2.75, 3.05) is 25.0 Å². The largest absolute Gasteiger partial charge is 0.344 e. The van der Waals surface area contributed by atoms with Gasteiger partial charge in [-0.15, -0.1) is 0 Å². The summed E-state index contributed by atoms with van der Waals surface area (Å²) in [6, 6.07) is 4.58. The monoisotopic (exact) mass is 280 g/mol. The number of carbonyl (C=O) groups excluding carboxylic acids is 3. The van der Waals surface area contributed by atoms with Crippen LogP contribution in [0.15, 0.2) is 18.2 Å². The molecule has 0 aliphatic carbocycles. The second-order valence-electron chi connectivity index (χ2n) is 4.29. The second-order valence-corrected chi connectivity index (χ2v) is 4.73. The Labute approximate surface area is 115 Å². The average Bonchev–Trinajstić information content (AvgIpc) is 2.62. The lowest BCUT2D eigenvalue weighted by Gasteiger charge is -2.20. The SMILES string of the molecule is CCN(C)C(=O)CN1C(=O)C(=O)c2ccc(Cl)cc21. The van der Waals surface area contributed by atoms with E-state index in [1.165, 1.54) is 21.9 Å². The quantitative estimate of drug-likeness (QED) is 0.785. The molecule has 1 aliphatic heterocycles. The summed E-state index contributed by atoms with van der Waals surface area (Å²) >= 11 is 5.87. The van der Waals surface area contributed by atoms with Gasteiger partial charge in [0.05, 0.1) is 11.3 Å². The van der Waals surface area contributed by atoms with Crippen molar-refractivity contribution >= 4 is 34.9 Å². The highest BCUT2D eigenvalue weighted by Gasteiger charge is 2.37. The van der Waals surface area contributed by atoms with Crippen LogP contribution in [0.25, 0.3) is 0 Å². The Morgan fingerprint density at radius 2 is 2.05 bits per heavy atom. The lowest BCUT2D eigenvalue weighted by Crippen LogP contribution is -2.40. The van der Waals surface area contributed by atoms with Gasteiger partial charge in [-0.2, -0.15) is 0 Å². The minimum absolute atomic E-state index is 0.151. The summed E-state index contributed by atoms with van der Waals surface area (Å²) in [4.78, 5) is 38.2. The summed E-state index contributed by atoms with van der Waals surface area (Å²) in [6.07, 6.45) is 0. The van der Waals surface area contributed by atoms with Crippen molar-refractivity contribution < 1.29 is 14.4 Å². The molecule has 1 aliphatic rings. The van der Waals surface area contributed by atoms with E-state index in [0.29, 0.717) is 22.8 Å². The summed E-state index contributed by atoms with van der Waals surface area (Å²) in [5, 5.41) is 0.419. The molecule has 1 aromatic carbocycles. The molecule has 2 amide bonds. The van der Waals surface area contributed by atoms with Crippen molar-refractivity contribution in [1.82, 2.24) is 4.90 Å². The molecule has 0 fully saturated rings. The topological polar surface area (TPSA) is 57.7 Å². The fraction of sp³-hybridized carbons (Fsp3) is 0.308. The van der Waals surface area contributed by atoms with Crippen LogP contribution in [0, 0.1) is 0 Å². The van der Waals surface area contributed by atoms with Gasteiger partial charge in [0.15, 0.2) is 0 Å². The number of rotatable bonds is 3. The lowest BCUT2D eigenvalue weighted by molar-refractivity contribution is -0.129. The number of carbonyl (C=O) groups is 3. The third kappa shape index (κ3) is 2.33. The zero-order chi connectivity index (χ0) is 14.2. The Balaban J connectivity index is 2.33. The van der Waals surface area contributed by atoms with Gasteiger partial charge < -0.3 is 4.90 Å². The van der Waals surface area contributed by atoms with Crippen LogP contribution >= 0.6 is 11.6 Å². The van der Waals surface area contributed by atoms with Crippen molar-refractivity contribution in [3.8, 4) is 0 Å². The number of fused-ring (bicyclic) bond motifs is 1. The average molecular weight is 281 g/mol. The number of halogens is 1. The third-order valence-corrected chi connectivity index (χ3v) is 3.36. The van der Waals surface area contributed by atoms with E-state index in [1.54, 1.807) is 13.1 Å². The molecule has 0 bridgehead atoms. The van der Waals surface area contributed by atoms with Gasteiger partial charge >= 0.3 is 0 Å². The van der Waals surface area contributed by atoms with Crippen LogP contribution in [0.2, 0.25) is 5.02 Å². The molecule has 6 heteroatoms. The van der Waals surface area contributed by atoms with Crippen LogP contribution < -0.4 is 4.90 Å². The first-order chi connectivity index (χ1) is 8.95. The molecule has 1 aromatic rings. The molecule has 0 atom stereocenters. The van der Waals surface area contributed by atoms with E-state index in [1.807, 2.05) is 6.92 Å². The number of ketones is 1. The van der Waals surface area contributed by atoms with E-state index in [0.717, 1.165) is 0 Å². The van der Waals surface area contributed by atoms with Gasteiger partial charge in [0.2, 0.25) is 5.91 Å². The zero-order valence-corrected chi connectivity index (χ0v) is 11.4. The van der Waals surface area contributed by atoms with Crippen molar-refractivity contribution in [1.29, 1.82) is 0 Å². The van der Waals surface area contributed by atoms with Gasteiger partial charge in [-0.1, -0.05) is 11.6 Å². The first kappa shape index (κ1) is 13.5. The maximum Gasteiger partial charge on any atom is 0.299 e. The molecule has 5 nitrogen and oxygen atoms in total. The van der Waals surface area contributed by atoms with Crippen LogP contribution in [0.4, 0.5) is 5.69 Å². The molecule has 1 heterocycles. The molecule has 19 heavy (non-hydrogen) atoms. The summed E-state index contributed by atoms with van der Waals surface area (Å²) in [5.41, 5.74) is 0.696. The number of Topliss-reactive ketones (excluding diaryl/α,β-unsaturated/α-hetero) is 1. The Hall–Kier alpha value is -1.88. The highest BCUT2D eigenvalue weighted by molar-refractivity contribution is 6.53. The van der Waals surface area contributed by atoms with E-state index in [-0.39, 0.29) is 12.5 Å². The van der Waals surface area contributed by atoms with Crippen LogP contribution in [-0.4, -0.2) is 42.6 Å². The predicted molar refractivity (Wildman–Crippen MR) is 71.4 cm³/mol. The van der Waals surface area contributed by atoms with Crippen LogP contribution in [0.1, 0.15) is 17.3 Å². The highest BCUT2D eigenvalue weighted by Crippen LogP contribution is 2.31. The van der Waals surface area contributed by atoms with Gasteiger partial charge in [0.25, 0.3) is 11.7 Å². The predicted octanol–water partition coefficient (Wildman–Crippen LogP) is 1.35. The van der Waals surface area contributed by atoms with Gasteiger partial charge in [-0.25, -0.2) is 0 Å². The van der Waals surface area contributed by atoms with Crippen molar-refractivity contribution in [3.05, 3.63) is 28.8 Å². The maximum atomic E-state index is 11.9. The Kier molecular flexibility index (Phi) is 3.57. The number of benzene rings is 1. The van der Waals surface area contributed by atoms with Gasteiger partial charge in [0.1, 0.15) is 6.54 Å². The normalized spacial score (nSPS) is 13.7. The highest BCUT2D eigenvalue weighted by atomic mass is 35.5. The van der Waals surface area contributed by atoms with E-state index in [4.69, 9.17) is 11.6 Å². The smallest absolute Gasteiger partial charge is 0.299 e. The molecule has 0 radical (unpaired) electrons. The molecule has 0 N–H and O–H groups in total. The molecule has 0 aromatic heterocycles. The van der Waals surface area contributed by atoms with E-state index < -0.39 is 11.7 Å². The Morgan fingerprint density at radius 3 is 2.68 bits per heavy atom. The van der Waals surface area contributed by atoms with Crippen molar-refractivity contribution in [3.63, 3.8) is 0 Å². The first-order valence-electron chi connectivity index (χ1n) is 5.85. The van der Waals surface area contributed by atoms with Crippen LogP contribution in [-0.2, 0) is 9.59 Å². The summed E-state index contributed by atoms with van der Waals surface area (Å²) < 4.78 is 0. The number of amides is 2. The van der Waals surface area contributed by atoms with Crippen LogP contribution in [0.5, 0.6) is 0 Å². The lowest BCUT2D eigenvalue weighted by atomic mass is 10.1. The fourth-order valence-corrected chi connectivity index (χ4v) is 2.02. The number of nitrogens with zero attached hydrogens (tertiary/aromatic N) is 2. The molecular formula is C13H13ClN2O3. The van der Waals surface area contributed by atoms with Crippen LogP contribution in [0.3, 0.4) is 0 Å². The van der Waals surface area contributed by atoms with Crippen molar-refractivity contribution in [2.24, 2.45) is 0 Å². The molecule has 0 saturated carbocycles. The number of hydrogen-bond donors (Lipinski definition) is 0. The second kappa shape index (κ2) is 5.01. The maximum absolute atomic E-state index is 11.9. The molecular weight excluding hydrogens is 268 g/mol. The summed E-state index contributed by atoms with van der Waals surface area (Å²) in [5.74, 6) is -1.51. The number of hydrogen-bond acceptors (Lipinski definition) is 3. The molecule has 2 rings (SSSR count). The van der Waals surface area contributed by atoms with E-state index >= 15 is 0 Å². The summed E-state index contributed by atoms with van der Waals surface area (Å²) in [7, 11) is 1.64. The Morgan fingerprint density at radius 1 is 1.37 bits per heavy atom. The minimum atomic E-state index is -0.685. The number of anilines is 1. The van der Waals surface area contributed by atoms with E-state index in [2.05, 4.69) is 0 Å².